The van der Waals surface area contributed by atoms with Crippen LogP contribution in [0, 0.1) is 6.20 Å². The number of hydrogen-bond acceptors (Lipinski definition) is 3. The van der Waals surface area contributed by atoms with Gasteiger partial charge < -0.3 is 9.47 Å². The van der Waals surface area contributed by atoms with E-state index < -0.39 is 0 Å². The summed E-state index contributed by atoms with van der Waals surface area (Å²) in [6, 6.07) is 13.6. The number of pyridine rings is 1. The van der Waals surface area contributed by atoms with Crippen LogP contribution in [0.5, 0.6) is 5.75 Å². The Morgan fingerprint density at radius 3 is 2.71 bits per heavy atom. The summed E-state index contributed by atoms with van der Waals surface area (Å²) >= 11 is 0. The molecule has 1 heterocycles. The molecule has 0 saturated heterocycles. The third kappa shape index (κ3) is 3.89. The van der Waals surface area contributed by atoms with E-state index in [2.05, 4.69) is 11.2 Å². The van der Waals surface area contributed by atoms with Crippen molar-refractivity contribution < 1.29 is 9.47 Å². The minimum atomic E-state index is -0.323. The lowest BCUT2D eigenvalue weighted by molar-refractivity contribution is -0.0762. The first-order valence-electron chi connectivity index (χ1n) is 5.49. The Labute approximate surface area is 101 Å². The van der Waals surface area contributed by atoms with E-state index in [0.29, 0.717) is 12.4 Å². The lowest BCUT2D eigenvalue weighted by Crippen LogP contribution is -2.16. The summed E-state index contributed by atoms with van der Waals surface area (Å²) in [6.45, 7) is 2.38. The van der Waals surface area contributed by atoms with Crippen LogP contribution in [0.3, 0.4) is 0 Å². The predicted molar refractivity (Wildman–Crippen MR) is 64.4 cm³/mol. The van der Waals surface area contributed by atoms with Crippen molar-refractivity contribution in [1.82, 2.24) is 4.98 Å². The number of rotatable bonds is 5. The second-order valence-electron chi connectivity index (χ2n) is 3.60. The van der Waals surface area contributed by atoms with Gasteiger partial charge in [0, 0.05) is 6.20 Å². The molecule has 0 saturated carbocycles. The topological polar surface area (TPSA) is 31.4 Å². The highest BCUT2D eigenvalue weighted by Gasteiger charge is 2.04. The van der Waals surface area contributed by atoms with E-state index in [1.165, 1.54) is 0 Å². The Balaban J connectivity index is 1.80. The van der Waals surface area contributed by atoms with Crippen molar-refractivity contribution in [3.8, 4) is 5.75 Å². The van der Waals surface area contributed by atoms with Gasteiger partial charge in [-0.1, -0.05) is 30.3 Å². The Bertz CT molecular complexity index is 430. The average molecular weight is 228 g/mol. The molecule has 1 unspecified atom stereocenters. The van der Waals surface area contributed by atoms with E-state index in [0.717, 1.165) is 5.56 Å². The highest BCUT2D eigenvalue weighted by molar-refractivity contribution is 5.14. The molecule has 0 spiro atoms. The zero-order valence-electron chi connectivity index (χ0n) is 9.67. The fourth-order valence-corrected chi connectivity index (χ4v) is 1.38. The zero-order chi connectivity index (χ0) is 11.9. The van der Waals surface area contributed by atoms with Crippen LogP contribution >= 0.6 is 0 Å². The van der Waals surface area contributed by atoms with Crippen molar-refractivity contribution in [2.45, 2.75) is 19.8 Å². The molecule has 1 radical (unpaired) electrons. The van der Waals surface area contributed by atoms with Gasteiger partial charge in [-0.15, -0.1) is 0 Å². The summed E-state index contributed by atoms with van der Waals surface area (Å²) in [6.07, 6.45) is 4.08. The van der Waals surface area contributed by atoms with Crippen molar-refractivity contribution in [3.63, 3.8) is 0 Å². The molecule has 3 nitrogen and oxygen atoms in total. The van der Waals surface area contributed by atoms with Crippen molar-refractivity contribution in [2.24, 2.45) is 0 Å². The molecular formula is C14H14NO2. The predicted octanol–water partition coefficient (Wildman–Crippen LogP) is 2.82. The van der Waals surface area contributed by atoms with Crippen molar-refractivity contribution >= 4 is 0 Å². The van der Waals surface area contributed by atoms with Gasteiger partial charge in [-0.25, -0.2) is 0 Å². The highest BCUT2D eigenvalue weighted by Crippen LogP contribution is 2.10. The zero-order valence-corrected chi connectivity index (χ0v) is 9.67. The van der Waals surface area contributed by atoms with Crippen LogP contribution in [0.2, 0.25) is 0 Å². The normalized spacial score (nSPS) is 12.1. The van der Waals surface area contributed by atoms with E-state index in [9.17, 15) is 0 Å². The molecule has 3 heteroatoms. The summed E-state index contributed by atoms with van der Waals surface area (Å²) in [5, 5.41) is 0. The second kappa shape index (κ2) is 6.01. The van der Waals surface area contributed by atoms with Gasteiger partial charge >= 0.3 is 0 Å². The third-order valence-electron chi connectivity index (χ3n) is 2.20. The molecule has 1 aromatic carbocycles. The fourth-order valence-electron chi connectivity index (χ4n) is 1.38. The van der Waals surface area contributed by atoms with Gasteiger partial charge in [-0.05, 0) is 24.6 Å². The minimum absolute atomic E-state index is 0.323. The molecule has 1 atom stereocenters. The second-order valence-corrected chi connectivity index (χ2v) is 3.60. The summed E-state index contributed by atoms with van der Waals surface area (Å²) < 4.78 is 11.1. The van der Waals surface area contributed by atoms with Crippen LogP contribution in [0.4, 0.5) is 0 Å². The fraction of sp³-hybridized carbons (Fsp3) is 0.214. The van der Waals surface area contributed by atoms with Crippen LogP contribution in [0.1, 0.15) is 12.5 Å². The quantitative estimate of drug-likeness (QED) is 0.737. The van der Waals surface area contributed by atoms with Gasteiger partial charge in [0.2, 0.25) is 0 Å². The van der Waals surface area contributed by atoms with Gasteiger partial charge in [0.1, 0.15) is 6.20 Å². The summed E-state index contributed by atoms with van der Waals surface area (Å²) in [5.41, 5.74) is 1.12. The highest BCUT2D eigenvalue weighted by atomic mass is 16.7. The lowest BCUT2D eigenvalue weighted by Gasteiger charge is -2.14. The summed E-state index contributed by atoms with van der Waals surface area (Å²) in [5.74, 6) is 0.591. The first-order chi connectivity index (χ1) is 8.34. The molecule has 0 amide bonds. The van der Waals surface area contributed by atoms with Crippen molar-refractivity contribution in [1.29, 1.82) is 0 Å². The molecule has 0 bridgehead atoms. The SMILES string of the molecule is CC(OCc1ccccc1)Oc1[c]nccc1. The maximum Gasteiger partial charge on any atom is 0.197 e. The van der Waals surface area contributed by atoms with Crippen LogP contribution in [-0.4, -0.2) is 11.3 Å². The molecule has 0 aliphatic heterocycles. The summed E-state index contributed by atoms with van der Waals surface area (Å²) in [4.78, 5) is 3.85. The van der Waals surface area contributed by atoms with Gasteiger partial charge in [-0.2, -0.15) is 0 Å². The van der Waals surface area contributed by atoms with Gasteiger partial charge in [0.05, 0.1) is 6.61 Å². The average Bonchev–Trinajstić information content (AvgIpc) is 2.39. The number of aromatic nitrogens is 1. The molecule has 87 valence electrons. The monoisotopic (exact) mass is 228 g/mol. The smallest absolute Gasteiger partial charge is 0.197 e. The molecule has 0 N–H and O–H groups in total. The van der Waals surface area contributed by atoms with Crippen LogP contribution in [-0.2, 0) is 11.3 Å². The molecule has 2 rings (SSSR count). The Morgan fingerprint density at radius 1 is 1.18 bits per heavy atom. The van der Waals surface area contributed by atoms with Crippen LogP contribution in [0.25, 0.3) is 0 Å². The molecule has 0 fully saturated rings. The number of ether oxygens (including phenoxy) is 2. The summed E-state index contributed by atoms with van der Waals surface area (Å²) in [7, 11) is 0. The van der Waals surface area contributed by atoms with E-state index >= 15 is 0 Å². The molecule has 2 aromatic rings. The Kier molecular flexibility index (Phi) is 4.11. The maximum absolute atomic E-state index is 5.56. The van der Waals surface area contributed by atoms with Crippen molar-refractivity contribution in [3.05, 3.63) is 60.4 Å². The maximum atomic E-state index is 5.56. The number of hydrogen-bond donors (Lipinski definition) is 0. The van der Waals surface area contributed by atoms with E-state index in [1.54, 1.807) is 18.3 Å². The van der Waals surface area contributed by atoms with E-state index in [4.69, 9.17) is 9.47 Å². The minimum Gasteiger partial charge on any atom is -0.463 e. The van der Waals surface area contributed by atoms with E-state index in [-0.39, 0.29) is 6.29 Å². The first kappa shape index (κ1) is 11.6. The van der Waals surface area contributed by atoms with Gasteiger partial charge in [-0.3, -0.25) is 4.98 Å². The molecular weight excluding hydrogens is 214 g/mol. The molecule has 0 aliphatic rings. The number of benzene rings is 1. The number of nitrogens with zero attached hydrogens (tertiary/aromatic N) is 1. The Morgan fingerprint density at radius 2 is 2.00 bits per heavy atom. The third-order valence-corrected chi connectivity index (χ3v) is 2.20. The standard InChI is InChI=1S/C14H14NO2/c1-12(17-14-8-5-9-15-10-14)16-11-13-6-3-2-4-7-13/h2-9,12H,11H2,1H3. The Hall–Kier alpha value is -1.87. The van der Waals surface area contributed by atoms with E-state index in [1.807, 2.05) is 37.3 Å². The van der Waals surface area contributed by atoms with Gasteiger partial charge in [0.25, 0.3) is 0 Å². The molecule has 0 aliphatic carbocycles. The lowest BCUT2D eigenvalue weighted by atomic mass is 10.2. The molecule has 1 aromatic heterocycles. The largest absolute Gasteiger partial charge is 0.463 e. The molecule has 17 heavy (non-hydrogen) atoms. The first-order valence-corrected chi connectivity index (χ1v) is 5.49. The van der Waals surface area contributed by atoms with Crippen molar-refractivity contribution in [2.75, 3.05) is 0 Å². The van der Waals surface area contributed by atoms with Crippen LogP contribution < -0.4 is 4.74 Å². The van der Waals surface area contributed by atoms with Gasteiger partial charge in [0.15, 0.2) is 12.0 Å². The van der Waals surface area contributed by atoms with Crippen LogP contribution in [0.15, 0.2) is 48.7 Å².